The third kappa shape index (κ3) is 11.5. The van der Waals surface area contributed by atoms with E-state index in [0.717, 1.165) is 11.4 Å². The first-order chi connectivity index (χ1) is 5.92. The van der Waals surface area contributed by atoms with Gasteiger partial charge in [0.25, 0.3) is 0 Å². The summed E-state index contributed by atoms with van der Waals surface area (Å²) < 4.78 is 0. The Morgan fingerprint density at radius 1 is 1.46 bits per heavy atom. The van der Waals surface area contributed by atoms with E-state index in [9.17, 15) is 0 Å². The molecule has 0 aliphatic rings. The van der Waals surface area contributed by atoms with E-state index in [0.29, 0.717) is 0 Å². The van der Waals surface area contributed by atoms with E-state index in [2.05, 4.69) is 44.5 Å². The molecule has 0 aromatic carbocycles. The Balaban J connectivity index is 3.57. The van der Waals surface area contributed by atoms with Crippen molar-refractivity contribution in [3.8, 4) is 0 Å². The fourth-order valence-electron chi connectivity index (χ4n) is 0.627. The molecule has 0 aliphatic heterocycles. The maximum absolute atomic E-state index is 4.07. The Morgan fingerprint density at radius 2 is 2.08 bits per heavy atom. The van der Waals surface area contributed by atoms with Gasteiger partial charge in [0.15, 0.2) is 0 Å². The minimum Gasteiger partial charge on any atom is -0.255 e. The Kier molecular flexibility index (Phi) is 5.80. The second-order valence-corrected chi connectivity index (χ2v) is 4.95. The molecule has 0 rings (SSSR count). The van der Waals surface area contributed by atoms with Gasteiger partial charge in [0.05, 0.1) is 5.55 Å². The average Bonchev–Trinajstić information content (AvgIpc) is 1.93. The summed E-state index contributed by atoms with van der Waals surface area (Å²) in [5.74, 6) is 0.980. The zero-order valence-electron chi connectivity index (χ0n) is 9.00. The number of rotatable bonds is 4. The SMILES string of the molecule is C=C(C)N=CSC/C=C\C(C)(C)C. The summed E-state index contributed by atoms with van der Waals surface area (Å²) in [7, 11) is 0. The van der Waals surface area contributed by atoms with Gasteiger partial charge in [-0.25, -0.2) is 0 Å². The molecule has 0 N–H and O–H groups in total. The highest BCUT2D eigenvalue weighted by Crippen LogP contribution is 2.14. The molecule has 0 aromatic rings. The van der Waals surface area contributed by atoms with Crippen LogP contribution in [0, 0.1) is 5.41 Å². The van der Waals surface area contributed by atoms with Crippen molar-refractivity contribution in [1.29, 1.82) is 0 Å². The third-order valence-electron chi connectivity index (χ3n) is 1.16. The van der Waals surface area contributed by atoms with Gasteiger partial charge < -0.3 is 0 Å². The molecule has 0 heterocycles. The van der Waals surface area contributed by atoms with Gasteiger partial charge in [0.2, 0.25) is 0 Å². The highest BCUT2D eigenvalue weighted by molar-refractivity contribution is 8.12. The number of allylic oxidation sites excluding steroid dienone is 2. The van der Waals surface area contributed by atoms with Crippen molar-refractivity contribution in [2.75, 3.05) is 5.75 Å². The van der Waals surface area contributed by atoms with Gasteiger partial charge in [0.1, 0.15) is 0 Å². The van der Waals surface area contributed by atoms with Gasteiger partial charge in [-0.15, -0.1) is 11.8 Å². The van der Waals surface area contributed by atoms with E-state index in [4.69, 9.17) is 0 Å². The predicted molar refractivity (Wildman–Crippen MR) is 64.4 cm³/mol. The normalized spacial score (nSPS) is 12.9. The molecule has 74 valence electrons. The highest BCUT2D eigenvalue weighted by Gasteiger charge is 2.02. The van der Waals surface area contributed by atoms with Crippen LogP contribution >= 0.6 is 11.8 Å². The van der Waals surface area contributed by atoms with Gasteiger partial charge in [-0.3, -0.25) is 4.99 Å². The Hall–Kier alpha value is -0.500. The lowest BCUT2D eigenvalue weighted by Crippen LogP contribution is -1.98. The summed E-state index contributed by atoms with van der Waals surface area (Å²) in [6.07, 6.45) is 4.39. The van der Waals surface area contributed by atoms with Crippen LogP contribution in [0.25, 0.3) is 0 Å². The molecular formula is C11H19NS. The summed E-state index contributed by atoms with van der Waals surface area (Å²) in [6.45, 7) is 12.1. The Bertz CT molecular complexity index is 209. The largest absolute Gasteiger partial charge is 0.255 e. The van der Waals surface area contributed by atoms with Gasteiger partial charge >= 0.3 is 0 Å². The lowest BCUT2D eigenvalue weighted by Gasteiger charge is -2.10. The van der Waals surface area contributed by atoms with Crippen molar-refractivity contribution >= 4 is 17.3 Å². The van der Waals surface area contributed by atoms with Crippen molar-refractivity contribution in [3.63, 3.8) is 0 Å². The summed E-state index contributed by atoms with van der Waals surface area (Å²) in [4.78, 5) is 4.07. The first-order valence-electron chi connectivity index (χ1n) is 4.39. The summed E-state index contributed by atoms with van der Waals surface area (Å²) in [5.41, 5.74) is 2.98. The van der Waals surface area contributed by atoms with Crippen LogP contribution in [0.2, 0.25) is 0 Å². The molecule has 0 radical (unpaired) electrons. The van der Waals surface area contributed by atoms with Crippen LogP contribution in [0.15, 0.2) is 29.4 Å². The number of thioether (sulfide) groups is 1. The third-order valence-corrected chi connectivity index (χ3v) is 1.80. The number of aliphatic imine (C=N–C) groups is 1. The number of hydrogen-bond donors (Lipinski definition) is 0. The number of hydrogen-bond acceptors (Lipinski definition) is 2. The van der Waals surface area contributed by atoms with E-state index < -0.39 is 0 Å². The van der Waals surface area contributed by atoms with E-state index in [1.54, 1.807) is 11.8 Å². The minimum absolute atomic E-state index is 0.284. The van der Waals surface area contributed by atoms with Crippen molar-refractivity contribution in [2.24, 2.45) is 10.4 Å². The van der Waals surface area contributed by atoms with Crippen LogP contribution in [0.4, 0.5) is 0 Å². The maximum atomic E-state index is 4.07. The number of nitrogens with zero attached hydrogens (tertiary/aromatic N) is 1. The molecule has 0 atom stereocenters. The zero-order valence-corrected chi connectivity index (χ0v) is 9.82. The summed E-state index contributed by atoms with van der Waals surface area (Å²) in [6, 6.07) is 0. The summed E-state index contributed by atoms with van der Waals surface area (Å²) in [5, 5.41) is 0. The first-order valence-corrected chi connectivity index (χ1v) is 5.44. The Morgan fingerprint density at radius 3 is 2.54 bits per heavy atom. The molecule has 0 amide bonds. The fourth-order valence-corrected chi connectivity index (χ4v) is 1.18. The molecular weight excluding hydrogens is 178 g/mol. The molecule has 0 fully saturated rings. The molecule has 2 heteroatoms. The topological polar surface area (TPSA) is 12.4 Å². The second-order valence-electron chi connectivity index (χ2n) is 4.07. The molecule has 13 heavy (non-hydrogen) atoms. The van der Waals surface area contributed by atoms with Gasteiger partial charge in [-0.1, -0.05) is 39.5 Å². The molecule has 0 aliphatic carbocycles. The van der Waals surface area contributed by atoms with E-state index in [1.807, 2.05) is 12.5 Å². The molecule has 0 spiro atoms. The highest BCUT2D eigenvalue weighted by atomic mass is 32.2. The maximum Gasteiger partial charge on any atom is 0.0602 e. The van der Waals surface area contributed by atoms with E-state index in [-0.39, 0.29) is 5.41 Å². The van der Waals surface area contributed by atoms with Crippen molar-refractivity contribution < 1.29 is 0 Å². The fraction of sp³-hybridized carbons (Fsp3) is 0.545. The van der Waals surface area contributed by atoms with Crippen LogP contribution < -0.4 is 0 Å². The summed E-state index contributed by atoms with van der Waals surface area (Å²) >= 11 is 1.68. The van der Waals surface area contributed by atoms with Crippen LogP contribution in [0.1, 0.15) is 27.7 Å². The van der Waals surface area contributed by atoms with Gasteiger partial charge in [-0.05, 0) is 12.3 Å². The van der Waals surface area contributed by atoms with E-state index >= 15 is 0 Å². The molecule has 0 saturated carbocycles. The van der Waals surface area contributed by atoms with Gasteiger partial charge in [0, 0.05) is 11.4 Å². The average molecular weight is 197 g/mol. The van der Waals surface area contributed by atoms with Crippen LogP contribution in [0.5, 0.6) is 0 Å². The molecule has 0 aromatic heterocycles. The quantitative estimate of drug-likeness (QED) is 0.288. The monoisotopic (exact) mass is 197 g/mol. The lowest BCUT2D eigenvalue weighted by molar-refractivity contribution is 0.543. The van der Waals surface area contributed by atoms with E-state index in [1.165, 1.54) is 0 Å². The Labute approximate surface area is 86.0 Å². The second kappa shape index (κ2) is 6.03. The predicted octanol–water partition coefficient (Wildman–Crippen LogP) is 3.88. The van der Waals surface area contributed by atoms with Crippen molar-refractivity contribution in [1.82, 2.24) is 0 Å². The first kappa shape index (κ1) is 12.5. The lowest BCUT2D eigenvalue weighted by atomic mass is 9.97. The molecule has 0 saturated heterocycles. The van der Waals surface area contributed by atoms with Gasteiger partial charge in [-0.2, -0.15) is 0 Å². The standard InChI is InChI=1S/C11H19NS/c1-10(2)12-9-13-8-6-7-11(3,4)5/h6-7,9H,1,8H2,2-5H3/b7-6-,12-9?. The smallest absolute Gasteiger partial charge is 0.0602 e. The molecule has 1 nitrogen and oxygen atoms in total. The van der Waals surface area contributed by atoms with Crippen LogP contribution in [0.3, 0.4) is 0 Å². The van der Waals surface area contributed by atoms with Crippen molar-refractivity contribution in [2.45, 2.75) is 27.7 Å². The minimum atomic E-state index is 0.284. The van der Waals surface area contributed by atoms with Crippen molar-refractivity contribution in [3.05, 3.63) is 24.4 Å². The zero-order chi connectivity index (χ0) is 10.3. The molecule has 0 unspecified atom stereocenters. The van der Waals surface area contributed by atoms with Crippen LogP contribution in [-0.4, -0.2) is 11.3 Å². The molecule has 0 bridgehead atoms. The van der Waals surface area contributed by atoms with Crippen LogP contribution in [-0.2, 0) is 0 Å².